The molecule has 0 aliphatic carbocycles. The molecule has 7 nitrogen and oxygen atoms in total. The highest BCUT2D eigenvalue weighted by molar-refractivity contribution is 5.97. The van der Waals surface area contributed by atoms with Crippen LogP contribution < -0.4 is 5.32 Å². The molecule has 0 unspecified atom stereocenters. The van der Waals surface area contributed by atoms with Gasteiger partial charge in [0.1, 0.15) is 17.4 Å². The predicted octanol–water partition coefficient (Wildman–Crippen LogP) is -0.171. The molecule has 7 heteroatoms. The molecule has 1 aliphatic heterocycles. The van der Waals surface area contributed by atoms with Crippen LogP contribution in [0.4, 0.5) is 0 Å². The van der Waals surface area contributed by atoms with Crippen LogP contribution in [0.15, 0.2) is 18.2 Å². The highest BCUT2D eigenvalue weighted by Crippen LogP contribution is 2.09. The summed E-state index contributed by atoms with van der Waals surface area (Å²) in [6, 6.07) is 3.94. The second kappa shape index (κ2) is 5.68. The molecule has 2 rings (SSSR count). The lowest BCUT2D eigenvalue weighted by Crippen LogP contribution is -2.40. The first-order valence-electron chi connectivity index (χ1n) is 6.14. The highest BCUT2D eigenvalue weighted by atomic mass is 16.5. The molecule has 106 valence electrons. The van der Waals surface area contributed by atoms with E-state index in [0.717, 1.165) is 0 Å². The highest BCUT2D eigenvalue weighted by Gasteiger charge is 2.30. The van der Waals surface area contributed by atoms with E-state index in [9.17, 15) is 14.4 Å². The van der Waals surface area contributed by atoms with Crippen molar-refractivity contribution in [1.29, 1.82) is 0 Å². The first-order chi connectivity index (χ1) is 9.52. The quantitative estimate of drug-likeness (QED) is 0.775. The molecular weight excluding hydrogens is 262 g/mol. The fourth-order valence-electron chi connectivity index (χ4n) is 1.97. The largest absolute Gasteiger partial charge is 0.464 e. The van der Waals surface area contributed by atoms with E-state index in [-0.39, 0.29) is 17.3 Å². The summed E-state index contributed by atoms with van der Waals surface area (Å²) in [5.41, 5.74) is 0.130. The van der Waals surface area contributed by atoms with Crippen molar-refractivity contribution in [3.05, 3.63) is 29.6 Å². The van der Waals surface area contributed by atoms with Gasteiger partial charge in [0.2, 0.25) is 5.91 Å². The fraction of sp³-hybridized carbons (Fsp3) is 0.385. The molecule has 1 aliphatic rings. The Labute approximate surface area is 115 Å². The van der Waals surface area contributed by atoms with Gasteiger partial charge in [-0.25, -0.2) is 9.78 Å². The summed E-state index contributed by atoms with van der Waals surface area (Å²) in [5.74, 6) is -1.22. The molecule has 0 radical (unpaired) electrons. The van der Waals surface area contributed by atoms with Crippen LogP contribution in [0.25, 0.3) is 0 Å². The zero-order valence-corrected chi connectivity index (χ0v) is 11.3. The number of amides is 2. The van der Waals surface area contributed by atoms with Gasteiger partial charge in [0, 0.05) is 13.6 Å². The van der Waals surface area contributed by atoms with Crippen molar-refractivity contribution >= 4 is 17.8 Å². The minimum absolute atomic E-state index is 0.0509. The molecular formula is C13H15N3O4. The second-order valence-corrected chi connectivity index (χ2v) is 4.47. The summed E-state index contributed by atoms with van der Waals surface area (Å²) in [7, 11) is 2.93. The zero-order chi connectivity index (χ0) is 14.7. The number of likely N-dealkylation sites (N-methyl/N-ethyl adjacent to an activating group) is 1. The molecule has 0 saturated carbocycles. The molecule has 1 aromatic heterocycles. The van der Waals surface area contributed by atoms with Crippen molar-refractivity contribution in [3.63, 3.8) is 0 Å². The number of hydrogen-bond acceptors (Lipinski definition) is 5. The van der Waals surface area contributed by atoms with Crippen LogP contribution in [0.2, 0.25) is 0 Å². The van der Waals surface area contributed by atoms with Crippen molar-refractivity contribution in [3.8, 4) is 0 Å². The van der Waals surface area contributed by atoms with E-state index in [1.54, 1.807) is 11.9 Å². The van der Waals surface area contributed by atoms with Crippen molar-refractivity contribution in [2.75, 3.05) is 20.7 Å². The molecule has 1 N–H and O–H groups in total. The minimum atomic E-state index is -0.615. The van der Waals surface area contributed by atoms with Crippen LogP contribution in [0, 0.1) is 0 Å². The van der Waals surface area contributed by atoms with Gasteiger partial charge in [0.25, 0.3) is 5.91 Å². The number of nitrogens with zero attached hydrogens (tertiary/aromatic N) is 2. The topological polar surface area (TPSA) is 88.6 Å². The van der Waals surface area contributed by atoms with Crippen LogP contribution >= 0.6 is 0 Å². The molecule has 1 atom stereocenters. The SMILES string of the molecule is COC(=O)c1cccc(C(=O)N[C@@H]2CCN(C)C2=O)n1. The number of esters is 1. The Morgan fingerprint density at radius 1 is 1.40 bits per heavy atom. The van der Waals surface area contributed by atoms with Gasteiger partial charge in [-0.3, -0.25) is 9.59 Å². The summed E-state index contributed by atoms with van der Waals surface area (Å²) in [6.07, 6.45) is 0.567. The predicted molar refractivity (Wildman–Crippen MR) is 69.1 cm³/mol. The maximum absolute atomic E-state index is 12.0. The zero-order valence-electron chi connectivity index (χ0n) is 11.3. The van der Waals surface area contributed by atoms with Gasteiger partial charge in [-0.2, -0.15) is 0 Å². The molecule has 0 bridgehead atoms. The average Bonchev–Trinajstić information content (AvgIpc) is 2.78. The number of methoxy groups -OCH3 is 1. The van der Waals surface area contributed by atoms with E-state index >= 15 is 0 Å². The van der Waals surface area contributed by atoms with Gasteiger partial charge in [-0.05, 0) is 18.6 Å². The third kappa shape index (κ3) is 2.76. The van der Waals surface area contributed by atoms with E-state index in [2.05, 4.69) is 15.0 Å². The van der Waals surface area contributed by atoms with E-state index in [1.165, 1.54) is 25.3 Å². The van der Waals surface area contributed by atoms with Gasteiger partial charge < -0.3 is 15.0 Å². The lowest BCUT2D eigenvalue weighted by Gasteiger charge is -2.12. The smallest absolute Gasteiger partial charge is 0.356 e. The maximum atomic E-state index is 12.0. The molecule has 1 fully saturated rings. The molecule has 20 heavy (non-hydrogen) atoms. The van der Waals surface area contributed by atoms with Gasteiger partial charge >= 0.3 is 5.97 Å². The van der Waals surface area contributed by atoms with E-state index in [1.807, 2.05) is 0 Å². The van der Waals surface area contributed by atoms with Crippen molar-refractivity contribution in [2.45, 2.75) is 12.5 Å². The van der Waals surface area contributed by atoms with Gasteiger partial charge in [-0.1, -0.05) is 6.07 Å². The lowest BCUT2D eigenvalue weighted by molar-refractivity contribution is -0.128. The van der Waals surface area contributed by atoms with Gasteiger partial charge in [0.15, 0.2) is 0 Å². The number of aromatic nitrogens is 1. The normalized spacial score (nSPS) is 18.0. The maximum Gasteiger partial charge on any atom is 0.356 e. The van der Waals surface area contributed by atoms with Crippen molar-refractivity contribution < 1.29 is 19.1 Å². The molecule has 0 aromatic carbocycles. The number of pyridine rings is 1. The summed E-state index contributed by atoms with van der Waals surface area (Å²) >= 11 is 0. The Balaban J connectivity index is 2.10. The first kappa shape index (κ1) is 14.0. The average molecular weight is 277 g/mol. The number of rotatable bonds is 3. The Kier molecular flexibility index (Phi) is 3.97. The summed E-state index contributed by atoms with van der Waals surface area (Å²) in [6.45, 7) is 0.611. The summed E-state index contributed by atoms with van der Waals surface area (Å²) in [4.78, 5) is 40.6. The van der Waals surface area contributed by atoms with Crippen LogP contribution in [0.5, 0.6) is 0 Å². The number of nitrogens with one attached hydrogen (secondary N) is 1. The van der Waals surface area contributed by atoms with E-state index < -0.39 is 17.9 Å². The third-order valence-corrected chi connectivity index (χ3v) is 3.11. The number of likely N-dealkylation sites (tertiary alicyclic amines) is 1. The van der Waals surface area contributed by atoms with Gasteiger partial charge in [-0.15, -0.1) is 0 Å². The Hall–Kier alpha value is -2.44. The monoisotopic (exact) mass is 277 g/mol. The lowest BCUT2D eigenvalue weighted by atomic mass is 10.2. The molecule has 1 aromatic rings. The second-order valence-electron chi connectivity index (χ2n) is 4.47. The van der Waals surface area contributed by atoms with Crippen LogP contribution in [0.3, 0.4) is 0 Å². The first-order valence-corrected chi connectivity index (χ1v) is 6.14. The molecule has 2 heterocycles. The Morgan fingerprint density at radius 3 is 2.70 bits per heavy atom. The van der Waals surface area contributed by atoms with Crippen molar-refractivity contribution in [1.82, 2.24) is 15.2 Å². The Bertz CT molecular complexity index is 558. The number of ether oxygens (including phenoxy) is 1. The molecule has 2 amide bonds. The number of hydrogen-bond donors (Lipinski definition) is 1. The number of carbonyl (C=O) groups excluding carboxylic acids is 3. The van der Waals surface area contributed by atoms with Crippen LogP contribution in [0.1, 0.15) is 27.4 Å². The Morgan fingerprint density at radius 2 is 2.10 bits per heavy atom. The van der Waals surface area contributed by atoms with Gasteiger partial charge in [0.05, 0.1) is 7.11 Å². The minimum Gasteiger partial charge on any atom is -0.464 e. The number of carbonyl (C=O) groups is 3. The van der Waals surface area contributed by atoms with Crippen LogP contribution in [-0.2, 0) is 9.53 Å². The summed E-state index contributed by atoms with van der Waals surface area (Å²) in [5, 5.41) is 2.61. The third-order valence-electron chi connectivity index (χ3n) is 3.11. The van der Waals surface area contributed by atoms with E-state index in [0.29, 0.717) is 13.0 Å². The fourth-order valence-corrected chi connectivity index (χ4v) is 1.97. The molecule has 0 spiro atoms. The molecule has 1 saturated heterocycles. The van der Waals surface area contributed by atoms with Crippen LogP contribution in [-0.4, -0.2) is 54.4 Å². The standard InChI is InChI=1S/C13H15N3O4/c1-16-7-6-9(12(16)18)15-11(17)8-4-3-5-10(14-8)13(19)20-2/h3-5,9H,6-7H2,1-2H3,(H,15,17)/t9-/m1/s1. The summed E-state index contributed by atoms with van der Waals surface area (Å²) < 4.78 is 4.54. The van der Waals surface area contributed by atoms with Crippen molar-refractivity contribution in [2.24, 2.45) is 0 Å². The van der Waals surface area contributed by atoms with E-state index in [4.69, 9.17) is 0 Å².